The van der Waals surface area contributed by atoms with Gasteiger partial charge in [-0.05, 0) is 38.0 Å². The molecule has 1 aliphatic rings. The monoisotopic (exact) mass is 339 g/mol. The number of likely N-dealkylation sites (N-methyl/N-ethyl adjacent to an activating group) is 1. The van der Waals surface area contributed by atoms with Crippen molar-refractivity contribution in [2.24, 2.45) is 0 Å². The third-order valence-corrected chi connectivity index (χ3v) is 5.65. The lowest BCUT2D eigenvalue weighted by Crippen LogP contribution is -2.46. The number of nitrogens with two attached hydrogens (primary N) is 1. The van der Waals surface area contributed by atoms with E-state index in [1.807, 2.05) is 6.92 Å². The summed E-state index contributed by atoms with van der Waals surface area (Å²) in [6.07, 6.45) is 0.363. The zero-order valence-corrected chi connectivity index (χ0v) is 14.0. The fourth-order valence-electron chi connectivity index (χ4n) is 2.69. The highest BCUT2D eigenvalue weighted by molar-refractivity contribution is 7.91. The fraction of sp³-hybridized carbons (Fsp3) is 0.467. The Morgan fingerprint density at radius 2 is 2.09 bits per heavy atom. The van der Waals surface area contributed by atoms with Gasteiger partial charge >= 0.3 is 11.8 Å². The van der Waals surface area contributed by atoms with Crippen LogP contribution in [0.3, 0.4) is 0 Å². The highest BCUT2D eigenvalue weighted by Crippen LogP contribution is 2.21. The van der Waals surface area contributed by atoms with Gasteiger partial charge in [-0.3, -0.25) is 9.59 Å². The van der Waals surface area contributed by atoms with Crippen molar-refractivity contribution in [3.63, 3.8) is 0 Å². The first-order chi connectivity index (χ1) is 10.7. The molecular weight excluding hydrogens is 318 g/mol. The molecular formula is C15H21N3O4S. The summed E-state index contributed by atoms with van der Waals surface area (Å²) in [7, 11) is -3.13. The number of rotatable bonds is 3. The first-order valence-electron chi connectivity index (χ1n) is 7.42. The molecule has 2 rings (SSSR count). The van der Waals surface area contributed by atoms with Crippen molar-refractivity contribution in [1.82, 2.24) is 4.90 Å². The number of nitrogens with one attached hydrogen (secondary N) is 1. The van der Waals surface area contributed by atoms with Crippen LogP contribution in [0.15, 0.2) is 18.2 Å². The number of sulfone groups is 1. The molecule has 2 amide bonds. The summed E-state index contributed by atoms with van der Waals surface area (Å²) in [5.74, 6) is -1.60. The predicted octanol–water partition coefficient (Wildman–Crippen LogP) is 0.551. The minimum Gasteiger partial charge on any atom is -0.397 e. The molecule has 3 N–H and O–H groups in total. The zero-order chi connectivity index (χ0) is 17.2. The quantitative estimate of drug-likeness (QED) is 0.617. The van der Waals surface area contributed by atoms with Crippen LogP contribution in [0.4, 0.5) is 11.4 Å². The van der Waals surface area contributed by atoms with Crippen molar-refractivity contribution in [1.29, 1.82) is 0 Å². The number of nitrogen functional groups attached to an aromatic ring is 1. The van der Waals surface area contributed by atoms with Crippen LogP contribution in [0.1, 0.15) is 18.9 Å². The number of carbonyl (C=O) groups excluding carboxylic acids is 2. The molecule has 1 aromatic rings. The summed E-state index contributed by atoms with van der Waals surface area (Å²) in [4.78, 5) is 25.8. The van der Waals surface area contributed by atoms with Gasteiger partial charge in [0.1, 0.15) is 0 Å². The van der Waals surface area contributed by atoms with E-state index < -0.39 is 27.7 Å². The Labute approximate surface area is 135 Å². The van der Waals surface area contributed by atoms with E-state index in [1.165, 1.54) is 4.90 Å². The summed E-state index contributed by atoms with van der Waals surface area (Å²) in [5.41, 5.74) is 7.50. The standard InChI is InChI=1S/C15H21N3O4S/c1-3-18(11-6-7-23(21,22)9-11)15(20)14(19)17-13-5-4-10(2)8-12(13)16/h4-5,8,11H,3,6-7,9,16H2,1-2H3,(H,17,19). The maximum absolute atomic E-state index is 12.3. The number of nitrogens with zero attached hydrogens (tertiary/aromatic N) is 1. The summed E-state index contributed by atoms with van der Waals surface area (Å²) in [6, 6.07) is 4.66. The van der Waals surface area contributed by atoms with Crippen LogP contribution in [-0.2, 0) is 19.4 Å². The second-order valence-electron chi connectivity index (χ2n) is 5.69. The number of amides is 2. The van der Waals surface area contributed by atoms with Gasteiger partial charge in [-0.15, -0.1) is 0 Å². The summed E-state index contributed by atoms with van der Waals surface area (Å²) >= 11 is 0. The smallest absolute Gasteiger partial charge is 0.313 e. The van der Waals surface area contributed by atoms with Gasteiger partial charge in [0.25, 0.3) is 0 Å². The van der Waals surface area contributed by atoms with E-state index in [2.05, 4.69) is 5.32 Å². The first-order valence-corrected chi connectivity index (χ1v) is 9.24. The lowest BCUT2D eigenvalue weighted by molar-refractivity contribution is -0.144. The molecule has 0 saturated carbocycles. The molecule has 0 bridgehead atoms. The molecule has 23 heavy (non-hydrogen) atoms. The van der Waals surface area contributed by atoms with Gasteiger partial charge in [0.2, 0.25) is 0 Å². The minimum atomic E-state index is -3.13. The van der Waals surface area contributed by atoms with Crippen LogP contribution in [0.5, 0.6) is 0 Å². The Bertz CT molecular complexity index is 730. The molecule has 0 radical (unpaired) electrons. The van der Waals surface area contributed by atoms with Crippen LogP contribution in [0.25, 0.3) is 0 Å². The molecule has 1 saturated heterocycles. The van der Waals surface area contributed by atoms with E-state index in [0.29, 0.717) is 17.8 Å². The molecule has 1 fully saturated rings. The van der Waals surface area contributed by atoms with Crippen molar-refractivity contribution in [2.75, 3.05) is 29.1 Å². The fourth-order valence-corrected chi connectivity index (χ4v) is 4.42. The lowest BCUT2D eigenvalue weighted by Gasteiger charge is -2.26. The maximum Gasteiger partial charge on any atom is 0.313 e. The van der Waals surface area contributed by atoms with Crippen LogP contribution >= 0.6 is 0 Å². The molecule has 1 unspecified atom stereocenters. The Balaban J connectivity index is 2.10. The highest BCUT2D eigenvalue weighted by atomic mass is 32.2. The number of carbonyl (C=O) groups is 2. The van der Waals surface area contributed by atoms with Gasteiger partial charge in [-0.2, -0.15) is 0 Å². The molecule has 7 nitrogen and oxygen atoms in total. The molecule has 1 aromatic carbocycles. The van der Waals surface area contributed by atoms with Gasteiger partial charge in [-0.1, -0.05) is 6.07 Å². The van der Waals surface area contributed by atoms with Crippen LogP contribution in [0, 0.1) is 6.92 Å². The Hall–Kier alpha value is -2.09. The molecule has 0 aliphatic carbocycles. The molecule has 1 atom stereocenters. The number of hydrogen-bond donors (Lipinski definition) is 2. The molecule has 126 valence electrons. The van der Waals surface area contributed by atoms with E-state index >= 15 is 0 Å². The minimum absolute atomic E-state index is 0.0496. The normalized spacial score (nSPS) is 19.3. The largest absolute Gasteiger partial charge is 0.397 e. The van der Waals surface area contributed by atoms with E-state index in [-0.39, 0.29) is 18.1 Å². The third kappa shape index (κ3) is 4.01. The Morgan fingerprint density at radius 3 is 2.61 bits per heavy atom. The molecule has 8 heteroatoms. The summed E-state index contributed by atoms with van der Waals surface area (Å²) in [5, 5.41) is 2.49. The highest BCUT2D eigenvalue weighted by Gasteiger charge is 2.36. The van der Waals surface area contributed by atoms with E-state index in [9.17, 15) is 18.0 Å². The number of hydrogen-bond acceptors (Lipinski definition) is 5. The maximum atomic E-state index is 12.3. The Kier molecular flexibility index (Phi) is 4.93. The number of aryl methyl sites for hydroxylation is 1. The van der Waals surface area contributed by atoms with Gasteiger partial charge in [0.15, 0.2) is 9.84 Å². The lowest BCUT2D eigenvalue weighted by atomic mass is 10.2. The molecule has 1 heterocycles. The van der Waals surface area contributed by atoms with Crippen molar-refractivity contribution >= 4 is 33.0 Å². The number of benzene rings is 1. The molecule has 0 spiro atoms. The van der Waals surface area contributed by atoms with Crippen LogP contribution in [-0.4, -0.2) is 49.2 Å². The second kappa shape index (κ2) is 6.57. The SMILES string of the molecule is CCN(C(=O)C(=O)Nc1ccc(C)cc1N)C1CCS(=O)(=O)C1. The second-order valence-corrected chi connectivity index (χ2v) is 7.92. The summed E-state index contributed by atoms with van der Waals surface area (Å²) in [6.45, 7) is 3.86. The van der Waals surface area contributed by atoms with Gasteiger partial charge in [0.05, 0.1) is 22.9 Å². The average Bonchev–Trinajstić information content (AvgIpc) is 2.82. The van der Waals surface area contributed by atoms with Crippen molar-refractivity contribution < 1.29 is 18.0 Å². The predicted molar refractivity (Wildman–Crippen MR) is 88.7 cm³/mol. The van der Waals surface area contributed by atoms with Crippen molar-refractivity contribution in [3.05, 3.63) is 23.8 Å². The van der Waals surface area contributed by atoms with Crippen LogP contribution in [0.2, 0.25) is 0 Å². The van der Waals surface area contributed by atoms with E-state index in [4.69, 9.17) is 5.73 Å². The van der Waals surface area contributed by atoms with Crippen molar-refractivity contribution in [3.8, 4) is 0 Å². The topological polar surface area (TPSA) is 110 Å². The van der Waals surface area contributed by atoms with Crippen molar-refractivity contribution in [2.45, 2.75) is 26.3 Å². The zero-order valence-electron chi connectivity index (χ0n) is 13.2. The average molecular weight is 339 g/mol. The molecule has 0 aromatic heterocycles. The van der Waals surface area contributed by atoms with Crippen LogP contribution < -0.4 is 11.1 Å². The summed E-state index contributed by atoms with van der Waals surface area (Å²) < 4.78 is 23.1. The third-order valence-electron chi connectivity index (χ3n) is 3.90. The number of anilines is 2. The Morgan fingerprint density at radius 1 is 1.39 bits per heavy atom. The van der Waals surface area contributed by atoms with Gasteiger partial charge in [0, 0.05) is 12.6 Å². The van der Waals surface area contributed by atoms with E-state index in [0.717, 1.165) is 5.56 Å². The van der Waals surface area contributed by atoms with Gasteiger partial charge in [-0.25, -0.2) is 8.42 Å². The first kappa shape index (κ1) is 17.3. The van der Waals surface area contributed by atoms with E-state index in [1.54, 1.807) is 25.1 Å². The molecule has 1 aliphatic heterocycles. The van der Waals surface area contributed by atoms with Gasteiger partial charge < -0.3 is 16.0 Å².